The minimum absolute atomic E-state index is 0.0279. The van der Waals surface area contributed by atoms with Crippen LogP contribution in [0, 0.1) is 22.0 Å². The molecule has 0 radical (unpaired) electrons. The van der Waals surface area contributed by atoms with Crippen molar-refractivity contribution in [1.29, 1.82) is 0 Å². The molecule has 162 valence electrons. The number of carboxylic acids is 1. The SMILES string of the molecule is CC(C)C[C@H](NC(=O)[C@H](CC(C)C)N(c1ccccc1[N+](=O)[O-])S(=O)[O-])C(=O)O. The molecule has 29 heavy (non-hydrogen) atoms. The number of aliphatic carboxylic acids is 1. The van der Waals surface area contributed by atoms with Crippen LogP contribution in [0.4, 0.5) is 11.4 Å². The van der Waals surface area contributed by atoms with Crippen molar-refractivity contribution in [2.24, 2.45) is 11.8 Å². The quantitative estimate of drug-likeness (QED) is 0.311. The van der Waals surface area contributed by atoms with E-state index < -0.39 is 45.8 Å². The monoisotopic (exact) mass is 428 g/mol. The Hall–Kier alpha value is -2.53. The number of carbonyl (C=O) groups excluding carboxylic acids is 1. The lowest BCUT2D eigenvalue weighted by Gasteiger charge is -2.34. The van der Waals surface area contributed by atoms with E-state index in [0.717, 1.165) is 6.07 Å². The van der Waals surface area contributed by atoms with Gasteiger partial charge in [0.05, 0.1) is 4.92 Å². The molecule has 0 aliphatic rings. The van der Waals surface area contributed by atoms with Gasteiger partial charge in [0.15, 0.2) is 0 Å². The second-order valence-electron chi connectivity index (χ2n) is 7.46. The van der Waals surface area contributed by atoms with Gasteiger partial charge in [0.25, 0.3) is 5.69 Å². The summed E-state index contributed by atoms with van der Waals surface area (Å²) in [6, 6.07) is 2.63. The molecule has 0 heterocycles. The number of amides is 1. The molecular formula is C18H26N3O7S-. The minimum atomic E-state index is -3.01. The molecule has 0 bridgehead atoms. The molecule has 0 fully saturated rings. The number of hydrogen-bond donors (Lipinski definition) is 2. The number of anilines is 1. The summed E-state index contributed by atoms with van der Waals surface area (Å²) < 4.78 is 24.7. The minimum Gasteiger partial charge on any atom is -0.755 e. The fraction of sp³-hybridized carbons (Fsp3) is 0.556. The topological polar surface area (TPSA) is 153 Å². The molecule has 0 saturated heterocycles. The highest BCUT2D eigenvalue weighted by Crippen LogP contribution is 2.31. The van der Waals surface area contributed by atoms with E-state index in [-0.39, 0.29) is 30.4 Å². The number of nitrogens with one attached hydrogen (secondary N) is 1. The van der Waals surface area contributed by atoms with Crippen LogP contribution in [0.15, 0.2) is 24.3 Å². The first-order valence-corrected chi connectivity index (χ1v) is 10.1. The molecule has 0 aliphatic carbocycles. The van der Waals surface area contributed by atoms with Crippen LogP contribution in [-0.4, -0.2) is 42.8 Å². The second-order valence-corrected chi connectivity index (χ2v) is 8.29. The fourth-order valence-corrected chi connectivity index (χ4v) is 3.58. The number of rotatable bonds is 11. The summed E-state index contributed by atoms with van der Waals surface area (Å²) in [5.74, 6) is -2.24. The van der Waals surface area contributed by atoms with Crippen LogP contribution in [0.1, 0.15) is 40.5 Å². The Bertz CT molecular complexity index is 770. The molecule has 0 spiro atoms. The van der Waals surface area contributed by atoms with E-state index in [0.29, 0.717) is 4.31 Å². The van der Waals surface area contributed by atoms with Gasteiger partial charge < -0.3 is 15.0 Å². The van der Waals surface area contributed by atoms with Crippen molar-refractivity contribution in [3.8, 4) is 0 Å². The Morgan fingerprint density at radius 2 is 1.72 bits per heavy atom. The Kier molecular flexibility index (Phi) is 9.18. The first-order valence-electron chi connectivity index (χ1n) is 9.10. The number of carbonyl (C=O) groups is 2. The molecule has 1 rings (SSSR count). The summed E-state index contributed by atoms with van der Waals surface area (Å²) >= 11 is -3.01. The summed E-state index contributed by atoms with van der Waals surface area (Å²) in [7, 11) is 0. The van der Waals surface area contributed by atoms with Crippen LogP contribution in [0.25, 0.3) is 0 Å². The van der Waals surface area contributed by atoms with Gasteiger partial charge in [-0.05, 0) is 30.7 Å². The second kappa shape index (κ2) is 10.9. The maximum Gasteiger partial charge on any atom is 0.326 e. The molecule has 1 aromatic carbocycles. The van der Waals surface area contributed by atoms with Gasteiger partial charge in [-0.2, -0.15) is 0 Å². The van der Waals surface area contributed by atoms with Crippen molar-refractivity contribution < 1.29 is 28.4 Å². The number of para-hydroxylation sites is 2. The van der Waals surface area contributed by atoms with Gasteiger partial charge >= 0.3 is 5.97 Å². The first kappa shape index (κ1) is 24.5. The fourth-order valence-electron chi connectivity index (χ4n) is 2.87. The van der Waals surface area contributed by atoms with E-state index in [2.05, 4.69) is 5.32 Å². The van der Waals surface area contributed by atoms with E-state index in [9.17, 15) is 33.6 Å². The average Bonchev–Trinajstić information content (AvgIpc) is 2.59. The van der Waals surface area contributed by atoms with E-state index in [1.807, 2.05) is 0 Å². The summed E-state index contributed by atoms with van der Waals surface area (Å²) in [5.41, 5.74) is -0.738. The van der Waals surface area contributed by atoms with Crippen LogP contribution in [0.2, 0.25) is 0 Å². The van der Waals surface area contributed by atoms with Gasteiger partial charge in [0.1, 0.15) is 17.8 Å². The summed E-state index contributed by atoms with van der Waals surface area (Å²) in [5, 5.41) is 23.1. The number of nitro benzene ring substituents is 1. The highest BCUT2D eigenvalue weighted by atomic mass is 32.2. The lowest BCUT2D eigenvalue weighted by atomic mass is 10.00. The number of hydrogen-bond acceptors (Lipinski definition) is 6. The smallest absolute Gasteiger partial charge is 0.326 e. The zero-order valence-corrected chi connectivity index (χ0v) is 17.5. The summed E-state index contributed by atoms with van der Waals surface area (Å²) in [6.45, 7) is 7.10. The van der Waals surface area contributed by atoms with Crippen molar-refractivity contribution in [2.45, 2.75) is 52.6 Å². The van der Waals surface area contributed by atoms with Gasteiger partial charge in [-0.25, -0.2) is 4.79 Å². The molecule has 11 heteroatoms. The zero-order chi connectivity index (χ0) is 22.3. The van der Waals surface area contributed by atoms with E-state index in [4.69, 9.17) is 0 Å². The molecule has 0 aromatic heterocycles. The third-order valence-electron chi connectivity index (χ3n) is 4.08. The molecule has 10 nitrogen and oxygen atoms in total. The molecule has 0 saturated carbocycles. The van der Waals surface area contributed by atoms with Crippen LogP contribution in [0.5, 0.6) is 0 Å². The van der Waals surface area contributed by atoms with E-state index in [1.165, 1.54) is 18.2 Å². The predicted octanol–water partition coefficient (Wildman–Crippen LogP) is 2.23. The molecule has 1 aromatic rings. The average molecular weight is 428 g/mol. The molecular weight excluding hydrogens is 402 g/mol. The van der Waals surface area contributed by atoms with Crippen LogP contribution < -0.4 is 9.62 Å². The summed E-state index contributed by atoms with van der Waals surface area (Å²) in [6.07, 6.45) is 0.196. The Morgan fingerprint density at radius 1 is 1.17 bits per heavy atom. The molecule has 0 aliphatic heterocycles. The standard InChI is InChI=1S/C18H27N3O7S/c1-11(2)9-13(18(23)24)19-17(22)16(10-12(3)4)20(29(27)28)14-7-5-6-8-15(14)21(25)26/h5-8,11-13,16H,9-10H2,1-4H3,(H,19,22)(H,23,24)(H,27,28)/p-1/t13-,16-/m0/s1. The van der Waals surface area contributed by atoms with Gasteiger partial charge in [-0.3, -0.25) is 23.4 Å². The normalized spacial score (nSPS) is 14.3. The number of carboxylic acid groups (broad SMARTS) is 1. The van der Waals surface area contributed by atoms with Gasteiger partial charge in [0.2, 0.25) is 5.91 Å². The third kappa shape index (κ3) is 7.09. The van der Waals surface area contributed by atoms with Crippen LogP contribution in [-0.2, 0) is 20.9 Å². The van der Waals surface area contributed by atoms with Gasteiger partial charge in [-0.15, -0.1) is 0 Å². The molecule has 3 atom stereocenters. The largest absolute Gasteiger partial charge is 0.755 e. The van der Waals surface area contributed by atoms with Crippen LogP contribution >= 0.6 is 0 Å². The highest BCUT2D eigenvalue weighted by molar-refractivity contribution is 7.80. The number of benzene rings is 1. The van der Waals surface area contributed by atoms with Gasteiger partial charge in [0, 0.05) is 17.3 Å². The summed E-state index contributed by atoms with van der Waals surface area (Å²) in [4.78, 5) is 35.0. The third-order valence-corrected chi connectivity index (χ3v) is 4.85. The van der Waals surface area contributed by atoms with Crippen molar-refractivity contribution in [1.82, 2.24) is 5.32 Å². The Balaban J connectivity index is 3.38. The lowest BCUT2D eigenvalue weighted by Crippen LogP contribution is -2.53. The molecule has 2 N–H and O–H groups in total. The van der Waals surface area contributed by atoms with E-state index >= 15 is 0 Å². The van der Waals surface area contributed by atoms with Crippen molar-refractivity contribution >= 4 is 34.5 Å². The lowest BCUT2D eigenvalue weighted by molar-refractivity contribution is -0.384. The van der Waals surface area contributed by atoms with Crippen molar-refractivity contribution in [3.05, 3.63) is 34.4 Å². The Labute approximate surface area is 171 Å². The zero-order valence-electron chi connectivity index (χ0n) is 16.7. The number of nitrogens with zero attached hydrogens (tertiary/aromatic N) is 2. The highest BCUT2D eigenvalue weighted by Gasteiger charge is 2.34. The van der Waals surface area contributed by atoms with Crippen molar-refractivity contribution in [2.75, 3.05) is 4.31 Å². The van der Waals surface area contributed by atoms with Crippen molar-refractivity contribution in [3.63, 3.8) is 0 Å². The maximum absolute atomic E-state index is 12.9. The maximum atomic E-state index is 12.9. The molecule has 1 amide bonds. The first-order chi connectivity index (χ1) is 13.5. The number of nitro groups is 1. The van der Waals surface area contributed by atoms with Gasteiger partial charge in [-0.1, -0.05) is 39.8 Å². The van der Waals surface area contributed by atoms with Crippen LogP contribution in [0.3, 0.4) is 0 Å². The molecule has 1 unspecified atom stereocenters. The van der Waals surface area contributed by atoms with E-state index in [1.54, 1.807) is 27.7 Å². The predicted molar refractivity (Wildman–Crippen MR) is 107 cm³/mol. The Morgan fingerprint density at radius 3 is 2.17 bits per heavy atom.